The fraction of sp³-hybridized carbons (Fsp3) is 0.350. The number of halogens is 1. The number of nitrogen functional groups attached to an aromatic ring is 1. The van der Waals surface area contributed by atoms with Gasteiger partial charge in [0.25, 0.3) is 5.89 Å². The van der Waals surface area contributed by atoms with Crippen molar-refractivity contribution in [1.29, 1.82) is 0 Å². The number of pyridine rings is 1. The molecule has 2 aromatic heterocycles. The van der Waals surface area contributed by atoms with Gasteiger partial charge in [0.1, 0.15) is 5.82 Å². The average molecular weight is 468 g/mol. The van der Waals surface area contributed by atoms with E-state index in [4.69, 9.17) is 10.3 Å². The predicted molar refractivity (Wildman–Crippen MR) is 120 cm³/mol. The van der Waals surface area contributed by atoms with Gasteiger partial charge < -0.3 is 15.4 Å². The molecule has 4 N–H and O–H groups in total. The molecular formula is C20H26ClN5O4S. The van der Waals surface area contributed by atoms with E-state index in [1.165, 1.54) is 6.07 Å². The zero-order valence-electron chi connectivity index (χ0n) is 17.7. The Hall–Kier alpha value is -2.53. The first kappa shape index (κ1) is 24.7. The Bertz CT molecular complexity index is 1170. The minimum absolute atomic E-state index is 0. The zero-order chi connectivity index (χ0) is 22.1. The van der Waals surface area contributed by atoms with Gasteiger partial charge in [-0.15, -0.1) is 12.4 Å². The monoisotopic (exact) mass is 467 g/mol. The van der Waals surface area contributed by atoms with Crippen LogP contribution in [0.2, 0.25) is 0 Å². The Balaban J connectivity index is 0.00000341. The largest absolute Gasteiger partial charge is 0.390 e. The molecule has 168 valence electrons. The summed E-state index contributed by atoms with van der Waals surface area (Å²) in [6.07, 6.45) is 1.86. The third kappa shape index (κ3) is 6.01. The van der Waals surface area contributed by atoms with E-state index in [1.807, 2.05) is 6.92 Å². The van der Waals surface area contributed by atoms with E-state index in [2.05, 4.69) is 19.8 Å². The van der Waals surface area contributed by atoms with E-state index in [9.17, 15) is 13.5 Å². The molecule has 0 aliphatic heterocycles. The number of hydrogen-bond donors (Lipinski definition) is 3. The van der Waals surface area contributed by atoms with Crippen molar-refractivity contribution in [2.45, 2.75) is 44.6 Å². The molecule has 0 saturated heterocycles. The Morgan fingerprint density at radius 1 is 1.19 bits per heavy atom. The standard InChI is InChI=1S/C20H25N5O4S.ClH/c1-12-5-6-15(30(27,28)23-8-7-20(3,4)26)10-16(12)14-9-17(18(21)22-11-14)19-24-13(2)25-29-19;/h5-6,9-11,23,26H,7-8H2,1-4H3,(H2,21,22);1H. The molecule has 0 aliphatic rings. The number of nitrogens with one attached hydrogen (secondary N) is 1. The second kappa shape index (κ2) is 9.31. The summed E-state index contributed by atoms with van der Waals surface area (Å²) < 4.78 is 33.1. The first-order chi connectivity index (χ1) is 14.0. The molecule has 0 fully saturated rings. The lowest BCUT2D eigenvalue weighted by Gasteiger charge is -2.17. The second-order valence-electron chi connectivity index (χ2n) is 7.74. The molecular weight excluding hydrogens is 442 g/mol. The van der Waals surface area contributed by atoms with Crippen LogP contribution in [0.15, 0.2) is 39.9 Å². The minimum atomic E-state index is -3.74. The molecule has 2 heterocycles. The summed E-state index contributed by atoms with van der Waals surface area (Å²) in [5.74, 6) is 0.947. The number of nitrogens with two attached hydrogens (primary N) is 1. The summed E-state index contributed by atoms with van der Waals surface area (Å²) in [5, 5.41) is 13.6. The Labute approximate surface area is 187 Å². The highest BCUT2D eigenvalue weighted by atomic mass is 35.5. The molecule has 0 atom stereocenters. The number of aromatic nitrogens is 3. The highest BCUT2D eigenvalue weighted by molar-refractivity contribution is 7.89. The first-order valence-corrected chi connectivity index (χ1v) is 10.8. The van der Waals surface area contributed by atoms with Crippen LogP contribution in [0.5, 0.6) is 0 Å². The second-order valence-corrected chi connectivity index (χ2v) is 9.51. The van der Waals surface area contributed by atoms with E-state index in [1.54, 1.807) is 45.2 Å². The van der Waals surface area contributed by atoms with Gasteiger partial charge in [0, 0.05) is 18.3 Å². The number of hydrogen-bond acceptors (Lipinski definition) is 8. The summed E-state index contributed by atoms with van der Waals surface area (Å²) in [7, 11) is -3.74. The van der Waals surface area contributed by atoms with Crippen LogP contribution in [0.25, 0.3) is 22.6 Å². The van der Waals surface area contributed by atoms with Crippen molar-refractivity contribution >= 4 is 28.2 Å². The van der Waals surface area contributed by atoms with Gasteiger partial charge in [-0.3, -0.25) is 0 Å². The SMILES string of the molecule is Cc1noc(-c2cc(-c3cc(S(=O)(=O)NCCC(C)(C)O)ccc3C)cnc2N)n1.Cl. The molecule has 0 radical (unpaired) electrons. The third-order valence-electron chi connectivity index (χ3n) is 4.54. The third-order valence-corrected chi connectivity index (χ3v) is 5.99. The average Bonchev–Trinajstić information content (AvgIpc) is 3.07. The number of benzene rings is 1. The van der Waals surface area contributed by atoms with Gasteiger partial charge in [-0.05, 0) is 63.4 Å². The maximum absolute atomic E-state index is 12.7. The predicted octanol–water partition coefficient (Wildman–Crippen LogP) is 2.86. The van der Waals surface area contributed by atoms with E-state index in [0.717, 1.165) is 5.56 Å². The van der Waals surface area contributed by atoms with Crippen molar-refractivity contribution in [3.8, 4) is 22.6 Å². The Kier molecular flexibility index (Phi) is 7.43. The maximum Gasteiger partial charge on any atom is 0.261 e. The lowest BCUT2D eigenvalue weighted by atomic mass is 10.0. The molecule has 11 heteroatoms. The van der Waals surface area contributed by atoms with Crippen molar-refractivity contribution in [2.75, 3.05) is 12.3 Å². The van der Waals surface area contributed by atoms with Crippen LogP contribution in [0.3, 0.4) is 0 Å². The van der Waals surface area contributed by atoms with Crippen molar-refractivity contribution in [3.05, 3.63) is 41.9 Å². The topological polar surface area (TPSA) is 144 Å². The molecule has 1 aromatic carbocycles. The Morgan fingerprint density at radius 3 is 2.52 bits per heavy atom. The van der Waals surface area contributed by atoms with Crippen LogP contribution < -0.4 is 10.5 Å². The molecule has 9 nitrogen and oxygen atoms in total. The van der Waals surface area contributed by atoms with Crippen molar-refractivity contribution in [3.63, 3.8) is 0 Å². The number of sulfonamides is 1. The highest BCUT2D eigenvalue weighted by Gasteiger charge is 2.19. The number of aryl methyl sites for hydroxylation is 2. The molecule has 0 unspecified atom stereocenters. The Morgan fingerprint density at radius 2 is 1.90 bits per heavy atom. The smallest absolute Gasteiger partial charge is 0.261 e. The molecule has 0 bridgehead atoms. The summed E-state index contributed by atoms with van der Waals surface area (Å²) in [6.45, 7) is 6.95. The fourth-order valence-corrected chi connectivity index (χ4v) is 3.91. The van der Waals surface area contributed by atoms with Crippen molar-refractivity contribution in [1.82, 2.24) is 19.8 Å². The normalized spacial score (nSPS) is 11.9. The maximum atomic E-state index is 12.7. The number of anilines is 1. The molecule has 31 heavy (non-hydrogen) atoms. The lowest BCUT2D eigenvalue weighted by molar-refractivity contribution is 0.0728. The van der Waals surface area contributed by atoms with Gasteiger partial charge in [0.15, 0.2) is 5.82 Å². The summed E-state index contributed by atoms with van der Waals surface area (Å²) in [6, 6.07) is 6.60. The number of nitrogens with zero attached hydrogens (tertiary/aromatic N) is 3. The van der Waals surface area contributed by atoms with Gasteiger partial charge >= 0.3 is 0 Å². The van der Waals surface area contributed by atoms with E-state index in [-0.39, 0.29) is 35.6 Å². The number of aliphatic hydroxyl groups is 1. The zero-order valence-corrected chi connectivity index (χ0v) is 19.3. The van der Waals surface area contributed by atoms with Crippen LogP contribution in [-0.4, -0.2) is 40.8 Å². The van der Waals surface area contributed by atoms with Crippen molar-refractivity contribution < 1.29 is 18.0 Å². The van der Waals surface area contributed by atoms with Crippen LogP contribution in [0.1, 0.15) is 31.7 Å². The van der Waals surface area contributed by atoms with Gasteiger partial charge in [-0.1, -0.05) is 11.2 Å². The molecule has 0 saturated carbocycles. The van der Waals surface area contributed by atoms with Crippen molar-refractivity contribution in [2.24, 2.45) is 0 Å². The minimum Gasteiger partial charge on any atom is -0.390 e. The van der Waals surface area contributed by atoms with Gasteiger partial charge in [-0.2, -0.15) is 4.98 Å². The molecule has 3 rings (SSSR count). The summed E-state index contributed by atoms with van der Waals surface area (Å²) in [5.41, 5.74) is 7.71. The summed E-state index contributed by atoms with van der Waals surface area (Å²) in [4.78, 5) is 8.51. The molecule has 3 aromatic rings. The van der Waals surface area contributed by atoms with Gasteiger partial charge in [0.2, 0.25) is 10.0 Å². The van der Waals surface area contributed by atoms with Crippen LogP contribution in [0.4, 0.5) is 5.82 Å². The molecule has 0 spiro atoms. The lowest BCUT2D eigenvalue weighted by Crippen LogP contribution is -2.30. The summed E-state index contributed by atoms with van der Waals surface area (Å²) >= 11 is 0. The molecule has 0 aliphatic carbocycles. The van der Waals surface area contributed by atoms with Gasteiger partial charge in [0.05, 0.1) is 16.1 Å². The van der Waals surface area contributed by atoms with Crippen LogP contribution in [0, 0.1) is 13.8 Å². The first-order valence-electron chi connectivity index (χ1n) is 9.35. The molecule has 0 amide bonds. The highest BCUT2D eigenvalue weighted by Crippen LogP contribution is 2.31. The van der Waals surface area contributed by atoms with Crippen LogP contribution in [-0.2, 0) is 10.0 Å². The quantitative estimate of drug-likeness (QED) is 0.481. The van der Waals surface area contributed by atoms with E-state index >= 15 is 0 Å². The fourth-order valence-electron chi connectivity index (χ4n) is 2.85. The van der Waals surface area contributed by atoms with Crippen LogP contribution >= 0.6 is 12.4 Å². The van der Waals surface area contributed by atoms with Gasteiger partial charge in [-0.25, -0.2) is 18.1 Å². The van der Waals surface area contributed by atoms with E-state index < -0.39 is 15.6 Å². The van der Waals surface area contributed by atoms with E-state index in [0.29, 0.717) is 28.9 Å². The number of rotatable bonds is 7.